The van der Waals surface area contributed by atoms with Gasteiger partial charge in [0.25, 0.3) is 0 Å². The molecular weight excluding hydrogens is 224 g/mol. The van der Waals surface area contributed by atoms with Crippen molar-refractivity contribution in [1.29, 1.82) is 0 Å². The van der Waals surface area contributed by atoms with Crippen LogP contribution in [0.4, 0.5) is 5.95 Å². The fourth-order valence-electron chi connectivity index (χ4n) is 2.84. The molecule has 1 unspecified atom stereocenters. The van der Waals surface area contributed by atoms with Crippen molar-refractivity contribution in [2.45, 2.75) is 46.2 Å². The summed E-state index contributed by atoms with van der Waals surface area (Å²) in [6.45, 7) is 9.85. The highest BCUT2D eigenvalue weighted by molar-refractivity contribution is 5.37. The van der Waals surface area contributed by atoms with Crippen LogP contribution < -0.4 is 10.2 Å². The number of likely N-dealkylation sites (N-methyl/N-ethyl adjacent to an activating group) is 1. The first-order valence-corrected chi connectivity index (χ1v) is 7.06. The van der Waals surface area contributed by atoms with Crippen molar-refractivity contribution in [3.63, 3.8) is 0 Å². The first-order chi connectivity index (χ1) is 8.61. The molecule has 0 spiro atoms. The molecule has 2 rings (SSSR count). The van der Waals surface area contributed by atoms with Gasteiger partial charge in [-0.15, -0.1) is 0 Å². The number of anilines is 1. The minimum absolute atomic E-state index is 0.600. The predicted molar refractivity (Wildman–Crippen MR) is 76.1 cm³/mol. The molecule has 0 radical (unpaired) electrons. The fourth-order valence-corrected chi connectivity index (χ4v) is 2.84. The lowest BCUT2D eigenvalue weighted by atomic mass is 10.2. The van der Waals surface area contributed by atoms with E-state index in [0.717, 1.165) is 25.3 Å². The SMILES string of the molecule is CNCC1CCCN1c1nc(C)cn1CC(C)C. The van der Waals surface area contributed by atoms with Crippen LogP contribution in [0.3, 0.4) is 0 Å². The van der Waals surface area contributed by atoms with Gasteiger partial charge < -0.3 is 14.8 Å². The van der Waals surface area contributed by atoms with Crippen LogP contribution in [0.25, 0.3) is 0 Å². The van der Waals surface area contributed by atoms with Gasteiger partial charge in [-0.25, -0.2) is 4.98 Å². The number of hydrogen-bond donors (Lipinski definition) is 1. The lowest BCUT2D eigenvalue weighted by Crippen LogP contribution is -2.38. The summed E-state index contributed by atoms with van der Waals surface area (Å²) in [5, 5.41) is 3.30. The van der Waals surface area contributed by atoms with E-state index in [9.17, 15) is 0 Å². The van der Waals surface area contributed by atoms with Crippen LogP contribution in [-0.2, 0) is 6.54 Å². The molecule has 0 amide bonds. The first kappa shape index (κ1) is 13.4. The molecule has 1 aliphatic heterocycles. The molecule has 0 aliphatic carbocycles. The zero-order valence-corrected chi connectivity index (χ0v) is 12.1. The molecule has 2 heterocycles. The van der Waals surface area contributed by atoms with Crippen LogP contribution in [0.2, 0.25) is 0 Å². The molecular formula is C14H26N4. The van der Waals surface area contributed by atoms with E-state index < -0.39 is 0 Å². The smallest absolute Gasteiger partial charge is 0.206 e. The molecule has 0 saturated carbocycles. The average molecular weight is 250 g/mol. The summed E-state index contributed by atoms with van der Waals surface area (Å²) in [4.78, 5) is 7.22. The standard InChI is InChI=1S/C14H26N4/c1-11(2)9-17-10-12(3)16-14(17)18-7-5-6-13(18)8-15-4/h10-11,13,15H,5-9H2,1-4H3. The van der Waals surface area contributed by atoms with Crippen LogP contribution in [-0.4, -0.2) is 35.7 Å². The van der Waals surface area contributed by atoms with Crippen LogP contribution in [0, 0.1) is 12.8 Å². The number of nitrogens with one attached hydrogen (secondary N) is 1. The molecule has 0 bridgehead atoms. The Bertz CT molecular complexity index is 383. The molecule has 1 atom stereocenters. The van der Waals surface area contributed by atoms with Crippen LogP contribution in [0.1, 0.15) is 32.4 Å². The molecule has 1 saturated heterocycles. The van der Waals surface area contributed by atoms with Gasteiger partial charge >= 0.3 is 0 Å². The topological polar surface area (TPSA) is 33.1 Å². The highest BCUT2D eigenvalue weighted by atomic mass is 15.3. The van der Waals surface area contributed by atoms with E-state index in [-0.39, 0.29) is 0 Å². The molecule has 1 N–H and O–H groups in total. The highest BCUT2D eigenvalue weighted by Gasteiger charge is 2.27. The van der Waals surface area contributed by atoms with E-state index in [4.69, 9.17) is 4.98 Å². The summed E-state index contributed by atoms with van der Waals surface area (Å²) < 4.78 is 2.33. The van der Waals surface area contributed by atoms with E-state index in [1.807, 2.05) is 7.05 Å². The van der Waals surface area contributed by atoms with Gasteiger partial charge in [-0.1, -0.05) is 13.8 Å². The average Bonchev–Trinajstić information content (AvgIpc) is 2.85. The van der Waals surface area contributed by atoms with E-state index in [1.165, 1.54) is 18.8 Å². The normalized spacial score (nSPS) is 20.1. The number of imidazole rings is 1. The maximum atomic E-state index is 4.74. The summed E-state index contributed by atoms with van der Waals surface area (Å²) in [6, 6.07) is 0.600. The molecule has 1 aromatic rings. The van der Waals surface area contributed by atoms with E-state index in [1.54, 1.807) is 0 Å². The van der Waals surface area contributed by atoms with Gasteiger partial charge in [-0.05, 0) is 32.7 Å². The zero-order valence-electron chi connectivity index (χ0n) is 12.1. The Morgan fingerprint density at radius 2 is 2.28 bits per heavy atom. The molecule has 1 fully saturated rings. The van der Waals surface area contributed by atoms with Crippen molar-refractivity contribution >= 4 is 5.95 Å². The van der Waals surface area contributed by atoms with Crippen molar-refractivity contribution in [2.75, 3.05) is 25.0 Å². The van der Waals surface area contributed by atoms with Gasteiger partial charge in [-0.3, -0.25) is 0 Å². The summed E-state index contributed by atoms with van der Waals surface area (Å²) in [5.74, 6) is 1.82. The van der Waals surface area contributed by atoms with E-state index in [2.05, 4.69) is 41.8 Å². The molecule has 4 nitrogen and oxygen atoms in total. The quantitative estimate of drug-likeness (QED) is 0.868. The van der Waals surface area contributed by atoms with Gasteiger partial charge in [0.1, 0.15) is 0 Å². The van der Waals surface area contributed by atoms with Gasteiger partial charge in [0.15, 0.2) is 0 Å². The predicted octanol–water partition coefficient (Wildman–Crippen LogP) is 2.04. The summed E-state index contributed by atoms with van der Waals surface area (Å²) in [6.07, 6.45) is 4.73. The van der Waals surface area contributed by atoms with Crippen LogP contribution in [0.5, 0.6) is 0 Å². The molecule has 102 valence electrons. The third-order valence-electron chi connectivity index (χ3n) is 3.51. The highest BCUT2D eigenvalue weighted by Crippen LogP contribution is 2.25. The minimum Gasteiger partial charge on any atom is -0.338 e. The lowest BCUT2D eigenvalue weighted by molar-refractivity contribution is 0.511. The zero-order chi connectivity index (χ0) is 13.1. The Morgan fingerprint density at radius 1 is 1.50 bits per heavy atom. The van der Waals surface area contributed by atoms with Gasteiger partial charge in [0, 0.05) is 31.9 Å². The number of rotatable bonds is 5. The Hall–Kier alpha value is -1.03. The van der Waals surface area contributed by atoms with Gasteiger partial charge in [-0.2, -0.15) is 0 Å². The summed E-state index contributed by atoms with van der Waals surface area (Å²) in [5.41, 5.74) is 1.13. The van der Waals surface area contributed by atoms with Crippen LogP contribution in [0.15, 0.2) is 6.20 Å². The third-order valence-corrected chi connectivity index (χ3v) is 3.51. The molecule has 1 aromatic heterocycles. The third kappa shape index (κ3) is 2.86. The molecule has 18 heavy (non-hydrogen) atoms. The number of aryl methyl sites for hydroxylation is 1. The van der Waals surface area contributed by atoms with Gasteiger partial charge in [0.2, 0.25) is 5.95 Å². The molecule has 4 heteroatoms. The first-order valence-electron chi connectivity index (χ1n) is 7.06. The largest absolute Gasteiger partial charge is 0.338 e. The van der Waals surface area contributed by atoms with Crippen molar-refractivity contribution in [1.82, 2.24) is 14.9 Å². The van der Waals surface area contributed by atoms with Gasteiger partial charge in [0.05, 0.1) is 5.69 Å². The summed E-state index contributed by atoms with van der Waals surface area (Å²) in [7, 11) is 2.03. The second-order valence-electron chi connectivity index (χ2n) is 5.78. The number of aromatic nitrogens is 2. The Morgan fingerprint density at radius 3 is 2.94 bits per heavy atom. The monoisotopic (exact) mass is 250 g/mol. The Kier molecular flexibility index (Phi) is 4.27. The number of nitrogens with zero attached hydrogens (tertiary/aromatic N) is 3. The maximum Gasteiger partial charge on any atom is 0.206 e. The van der Waals surface area contributed by atoms with E-state index >= 15 is 0 Å². The molecule has 1 aliphatic rings. The second-order valence-corrected chi connectivity index (χ2v) is 5.78. The maximum absolute atomic E-state index is 4.74. The lowest BCUT2D eigenvalue weighted by Gasteiger charge is -2.26. The van der Waals surface area contributed by atoms with Crippen molar-refractivity contribution in [3.8, 4) is 0 Å². The van der Waals surface area contributed by atoms with Crippen LogP contribution >= 0.6 is 0 Å². The minimum atomic E-state index is 0.600. The second kappa shape index (κ2) is 5.74. The van der Waals surface area contributed by atoms with Crippen molar-refractivity contribution in [3.05, 3.63) is 11.9 Å². The molecule has 0 aromatic carbocycles. The Balaban J connectivity index is 2.20. The van der Waals surface area contributed by atoms with Crippen molar-refractivity contribution < 1.29 is 0 Å². The fraction of sp³-hybridized carbons (Fsp3) is 0.786. The van der Waals surface area contributed by atoms with Crippen molar-refractivity contribution in [2.24, 2.45) is 5.92 Å². The summed E-state index contributed by atoms with van der Waals surface area (Å²) >= 11 is 0. The number of hydrogen-bond acceptors (Lipinski definition) is 3. The van der Waals surface area contributed by atoms with E-state index in [0.29, 0.717) is 12.0 Å². The Labute approximate surface area is 110 Å².